The van der Waals surface area contributed by atoms with Gasteiger partial charge in [0, 0.05) is 29.0 Å². The van der Waals surface area contributed by atoms with Crippen molar-refractivity contribution in [3.8, 4) is 11.5 Å². The molecule has 3 amide bonds. The summed E-state index contributed by atoms with van der Waals surface area (Å²) < 4.78 is 15.4. The number of ether oxygens (including phenoxy) is 2. The number of aromatic nitrogens is 2. The Kier molecular flexibility index (Phi) is 6.46. The molecular weight excluding hydrogens is 485 g/mol. The third-order valence-corrected chi connectivity index (χ3v) is 6.32. The quantitative estimate of drug-likeness (QED) is 0.525. The van der Waals surface area contributed by atoms with Crippen LogP contribution in [0.3, 0.4) is 0 Å². The fourth-order valence-electron chi connectivity index (χ4n) is 2.72. The number of benzene rings is 1. The molecule has 0 saturated heterocycles. The molecule has 4 rings (SSSR count). The Labute approximate surface area is 195 Å². The second-order valence-electron chi connectivity index (χ2n) is 6.38. The Morgan fingerprint density at radius 2 is 2.10 bits per heavy atom. The summed E-state index contributed by atoms with van der Waals surface area (Å²) in [6, 6.07) is 6.32. The van der Waals surface area contributed by atoms with Crippen molar-refractivity contribution in [2.45, 2.75) is 13.1 Å². The summed E-state index contributed by atoms with van der Waals surface area (Å²) in [6.45, 7) is 0.568. The molecule has 2 aromatic heterocycles. The fourth-order valence-corrected chi connectivity index (χ4v) is 4.59. The minimum Gasteiger partial charge on any atom is -0.454 e. The van der Waals surface area contributed by atoms with E-state index in [4.69, 9.17) is 32.7 Å². The standard InChI is InChI=1S/C18H15Cl2N5O4S2/c1-25(16(26)9-4-11(19)15-12(5-9)28-8-29-15)7-14-22-18(31-24-14)23-17(27)21-6-10-2-3-13(20)30-10/h2-5H,6-8H2,1H3,(H2,21,22,23,24,27). The first kappa shape index (κ1) is 21.6. The highest BCUT2D eigenvalue weighted by Gasteiger charge is 2.23. The van der Waals surface area contributed by atoms with Crippen LogP contribution >= 0.6 is 46.1 Å². The van der Waals surface area contributed by atoms with Gasteiger partial charge in [0.25, 0.3) is 5.91 Å². The van der Waals surface area contributed by atoms with E-state index in [0.717, 1.165) is 16.4 Å². The lowest BCUT2D eigenvalue weighted by molar-refractivity contribution is 0.0781. The van der Waals surface area contributed by atoms with Gasteiger partial charge in [-0.1, -0.05) is 23.2 Å². The minimum absolute atomic E-state index is 0.0652. The molecule has 1 aromatic carbocycles. The molecule has 1 aliphatic rings. The Hall–Kier alpha value is -2.60. The van der Waals surface area contributed by atoms with E-state index in [0.29, 0.717) is 43.9 Å². The lowest BCUT2D eigenvalue weighted by Gasteiger charge is -2.15. The fraction of sp³-hybridized carbons (Fsp3) is 0.222. The molecular formula is C18H15Cl2N5O4S2. The van der Waals surface area contributed by atoms with Gasteiger partial charge in [0.05, 0.1) is 22.4 Å². The normalized spacial score (nSPS) is 12.0. The maximum absolute atomic E-state index is 12.7. The zero-order valence-electron chi connectivity index (χ0n) is 16.0. The molecule has 3 aromatic rings. The number of carbonyl (C=O) groups excluding carboxylic acids is 2. The van der Waals surface area contributed by atoms with Gasteiger partial charge in [0.15, 0.2) is 17.3 Å². The van der Waals surface area contributed by atoms with E-state index in [1.807, 2.05) is 6.07 Å². The molecule has 0 unspecified atom stereocenters. The van der Waals surface area contributed by atoms with Crippen molar-refractivity contribution in [1.29, 1.82) is 0 Å². The lowest BCUT2D eigenvalue weighted by Crippen LogP contribution is -2.28. The van der Waals surface area contributed by atoms with Gasteiger partial charge in [-0.05, 0) is 24.3 Å². The number of nitrogens with zero attached hydrogens (tertiary/aromatic N) is 3. The van der Waals surface area contributed by atoms with Crippen molar-refractivity contribution in [2.24, 2.45) is 0 Å². The molecule has 162 valence electrons. The van der Waals surface area contributed by atoms with Crippen molar-refractivity contribution in [1.82, 2.24) is 19.6 Å². The minimum atomic E-state index is -0.411. The Morgan fingerprint density at radius 3 is 2.87 bits per heavy atom. The first-order valence-corrected chi connectivity index (χ1v) is 11.2. The number of urea groups is 1. The summed E-state index contributed by atoms with van der Waals surface area (Å²) in [6.07, 6.45) is 0. The van der Waals surface area contributed by atoms with E-state index in [1.54, 1.807) is 19.2 Å². The highest BCUT2D eigenvalue weighted by atomic mass is 35.5. The van der Waals surface area contributed by atoms with Crippen LogP contribution in [0.1, 0.15) is 21.1 Å². The number of nitrogens with one attached hydrogen (secondary N) is 2. The van der Waals surface area contributed by atoms with Crippen LogP contribution in [0.4, 0.5) is 9.93 Å². The topological polar surface area (TPSA) is 106 Å². The SMILES string of the molecule is CN(Cc1nsc(NC(=O)NCc2ccc(Cl)s2)n1)C(=O)c1cc(Cl)c2c(c1)OCO2. The van der Waals surface area contributed by atoms with Gasteiger partial charge in [0.1, 0.15) is 0 Å². The summed E-state index contributed by atoms with van der Waals surface area (Å²) in [4.78, 5) is 31.4. The van der Waals surface area contributed by atoms with Crippen LogP contribution in [0.15, 0.2) is 24.3 Å². The van der Waals surface area contributed by atoms with Gasteiger partial charge >= 0.3 is 6.03 Å². The number of rotatable bonds is 6. The maximum Gasteiger partial charge on any atom is 0.321 e. The number of carbonyl (C=O) groups is 2. The number of anilines is 1. The number of fused-ring (bicyclic) bond motifs is 1. The molecule has 9 nitrogen and oxygen atoms in total. The van der Waals surface area contributed by atoms with Gasteiger partial charge in [0.2, 0.25) is 11.9 Å². The number of amides is 3. The molecule has 13 heteroatoms. The molecule has 31 heavy (non-hydrogen) atoms. The lowest BCUT2D eigenvalue weighted by atomic mass is 10.1. The largest absolute Gasteiger partial charge is 0.454 e. The molecule has 0 spiro atoms. The van der Waals surface area contributed by atoms with Gasteiger partial charge in [-0.2, -0.15) is 4.37 Å². The second kappa shape index (κ2) is 9.27. The zero-order chi connectivity index (χ0) is 22.0. The van der Waals surface area contributed by atoms with Gasteiger partial charge < -0.3 is 19.7 Å². The highest BCUT2D eigenvalue weighted by Crippen LogP contribution is 2.40. The highest BCUT2D eigenvalue weighted by molar-refractivity contribution is 7.16. The molecule has 0 aliphatic carbocycles. The van der Waals surface area contributed by atoms with Crippen LogP contribution in [0.2, 0.25) is 9.36 Å². The van der Waals surface area contributed by atoms with Gasteiger partial charge in [-0.3, -0.25) is 10.1 Å². The number of thiophene rings is 1. The van der Waals surface area contributed by atoms with Crippen molar-refractivity contribution in [3.63, 3.8) is 0 Å². The first-order chi connectivity index (χ1) is 14.9. The molecule has 2 N–H and O–H groups in total. The maximum atomic E-state index is 12.7. The molecule has 3 heterocycles. The summed E-state index contributed by atoms with van der Waals surface area (Å²) in [7, 11) is 1.62. The van der Waals surface area contributed by atoms with Crippen LogP contribution in [0, 0.1) is 0 Å². The number of hydrogen-bond acceptors (Lipinski definition) is 8. The predicted molar refractivity (Wildman–Crippen MR) is 118 cm³/mol. The monoisotopic (exact) mass is 499 g/mol. The summed E-state index contributed by atoms with van der Waals surface area (Å²) >= 11 is 14.4. The third kappa shape index (κ3) is 5.18. The Bertz CT molecular complexity index is 1140. The van der Waals surface area contributed by atoms with E-state index in [9.17, 15) is 9.59 Å². The Morgan fingerprint density at radius 1 is 1.26 bits per heavy atom. The molecule has 0 atom stereocenters. The Balaban J connectivity index is 1.32. The second-order valence-corrected chi connectivity index (χ2v) is 9.34. The van der Waals surface area contributed by atoms with Crippen molar-refractivity contribution in [3.05, 3.63) is 49.9 Å². The number of halogens is 2. The summed E-state index contributed by atoms with van der Waals surface area (Å²) in [5.41, 5.74) is 0.360. The van der Waals surface area contributed by atoms with E-state index in [1.165, 1.54) is 22.3 Å². The third-order valence-electron chi connectivity index (χ3n) is 4.14. The molecule has 0 bridgehead atoms. The first-order valence-electron chi connectivity index (χ1n) is 8.85. The van der Waals surface area contributed by atoms with Crippen LogP contribution in [-0.4, -0.2) is 40.0 Å². The average molecular weight is 500 g/mol. The average Bonchev–Trinajstić information content (AvgIpc) is 3.47. The molecule has 1 aliphatic heterocycles. The van der Waals surface area contributed by atoms with Crippen LogP contribution in [0.5, 0.6) is 11.5 Å². The van der Waals surface area contributed by atoms with E-state index in [-0.39, 0.29) is 19.2 Å². The van der Waals surface area contributed by atoms with Crippen molar-refractivity contribution in [2.75, 3.05) is 19.2 Å². The van der Waals surface area contributed by atoms with Gasteiger partial charge in [-0.15, -0.1) is 11.3 Å². The zero-order valence-corrected chi connectivity index (χ0v) is 19.1. The van der Waals surface area contributed by atoms with E-state index >= 15 is 0 Å². The molecule has 0 fully saturated rings. The summed E-state index contributed by atoms with van der Waals surface area (Å²) in [5, 5.41) is 5.97. The molecule has 0 radical (unpaired) electrons. The van der Waals surface area contributed by atoms with Gasteiger partial charge in [-0.25, -0.2) is 9.78 Å². The summed E-state index contributed by atoms with van der Waals surface area (Å²) in [5.74, 6) is 0.974. The van der Waals surface area contributed by atoms with Crippen LogP contribution < -0.4 is 20.1 Å². The van der Waals surface area contributed by atoms with Crippen molar-refractivity contribution < 1.29 is 19.1 Å². The molecule has 0 saturated carbocycles. The van der Waals surface area contributed by atoms with E-state index < -0.39 is 6.03 Å². The number of hydrogen-bond donors (Lipinski definition) is 2. The van der Waals surface area contributed by atoms with Crippen LogP contribution in [0.25, 0.3) is 0 Å². The smallest absolute Gasteiger partial charge is 0.321 e. The van der Waals surface area contributed by atoms with Crippen molar-refractivity contribution >= 4 is 63.1 Å². The predicted octanol–water partition coefficient (Wildman–Crippen LogP) is 4.23. The van der Waals surface area contributed by atoms with Crippen LogP contribution in [-0.2, 0) is 13.1 Å². The van der Waals surface area contributed by atoms with E-state index in [2.05, 4.69) is 20.0 Å².